The molecule has 1 amide bonds. The lowest BCUT2D eigenvalue weighted by Gasteiger charge is -2.09. The van der Waals surface area contributed by atoms with Gasteiger partial charge in [0.2, 0.25) is 0 Å². The number of hydrogen-bond acceptors (Lipinski definition) is 4. The first-order valence-electron chi connectivity index (χ1n) is 8.34. The van der Waals surface area contributed by atoms with E-state index in [1.165, 1.54) is 0 Å². The summed E-state index contributed by atoms with van der Waals surface area (Å²) in [5, 5.41) is 7.07. The highest BCUT2D eigenvalue weighted by Crippen LogP contribution is 2.25. The second-order valence-electron chi connectivity index (χ2n) is 5.77. The minimum absolute atomic E-state index is 0.303. The summed E-state index contributed by atoms with van der Waals surface area (Å²) in [5.41, 5.74) is 3.43. The number of alkyl halides is 2. The van der Waals surface area contributed by atoms with Crippen LogP contribution in [0.1, 0.15) is 12.5 Å². The summed E-state index contributed by atoms with van der Waals surface area (Å²) in [4.78, 5) is 15.0. The topological polar surface area (TPSA) is 69.0 Å². The Morgan fingerprint density at radius 2 is 1.81 bits per heavy atom. The molecule has 140 valence electrons. The summed E-state index contributed by atoms with van der Waals surface area (Å²) in [6, 6.07) is 15.4. The van der Waals surface area contributed by atoms with Crippen LogP contribution < -0.4 is 10.1 Å². The van der Waals surface area contributed by atoms with E-state index in [2.05, 4.69) is 15.4 Å². The maximum Gasteiger partial charge on any atom is 0.336 e. The SMILES string of the molecule is CCOc1nc(-c2ccc(C)cc2)n(-c2ccc(NC(=O)C(Cl)Cl)cc2)n1. The smallest absolute Gasteiger partial charge is 0.336 e. The molecule has 3 rings (SSSR count). The molecule has 0 aliphatic heterocycles. The van der Waals surface area contributed by atoms with Crippen molar-refractivity contribution in [3.8, 4) is 23.1 Å². The number of nitrogens with one attached hydrogen (secondary N) is 1. The third-order valence-corrected chi connectivity index (χ3v) is 4.14. The van der Waals surface area contributed by atoms with Gasteiger partial charge in [0.1, 0.15) is 0 Å². The van der Waals surface area contributed by atoms with Gasteiger partial charge in [-0.25, -0.2) is 4.68 Å². The standard InChI is InChI=1S/C19H18Cl2N4O2/c1-3-27-19-23-17(13-6-4-12(2)5-7-13)25(24-19)15-10-8-14(9-11-15)22-18(26)16(20)21/h4-11,16H,3H2,1-2H3,(H,22,26). The normalized spacial score (nSPS) is 10.9. The van der Waals surface area contributed by atoms with Crippen molar-refractivity contribution in [2.75, 3.05) is 11.9 Å². The first kappa shape index (κ1) is 19.2. The van der Waals surface area contributed by atoms with Crippen LogP contribution >= 0.6 is 23.2 Å². The zero-order valence-electron chi connectivity index (χ0n) is 14.8. The molecule has 1 heterocycles. The Morgan fingerprint density at radius 1 is 1.15 bits per heavy atom. The van der Waals surface area contributed by atoms with Crippen molar-refractivity contribution >= 4 is 34.8 Å². The van der Waals surface area contributed by atoms with Crippen molar-refractivity contribution in [2.24, 2.45) is 0 Å². The molecule has 1 aromatic heterocycles. The third-order valence-electron chi connectivity index (χ3n) is 3.75. The Morgan fingerprint density at radius 3 is 2.41 bits per heavy atom. The van der Waals surface area contributed by atoms with Gasteiger partial charge in [0.05, 0.1) is 12.3 Å². The van der Waals surface area contributed by atoms with E-state index in [0.29, 0.717) is 24.1 Å². The number of rotatable bonds is 6. The van der Waals surface area contributed by atoms with E-state index in [1.807, 2.05) is 50.2 Å². The lowest BCUT2D eigenvalue weighted by atomic mass is 10.1. The average molecular weight is 405 g/mol. The van der Waals surface area contributed by atoms with Crippen molar-refractivity contribution in [1.82, 2.24) is 14.8 Å². The molecule has 0 aliphatic rings. The van der Waals surface area contributed by atoms with Gasteiger partial charge in [-0.1, -0.05) is 53.0 Å². The maximum absolute atomic E-state index is 11.6. The second kappa shape index (κ2) is 8.41. The van der Waals surface area contributed by atoms with E-state index in [9.17, 15) is 4.79 Å². The van der Waals surface area contributed by atoms with Gasteiger partial charge >= 0.3 is 6.01 Å². The minimum atomic E-state index is -1.12. The maximum atomic E-state index is 11.6. The fourth-order valence-corrected chi connectivity index (χ4v) is 2.54. The number of carbonyl (C=O) groups is 1. The summed E-state index contributed by atoms with van der Waals surface area (Å²) < 4.78 is 7.17. The molecule has 8 heteroatoms. The summed E-state index contributed by atoms with van der Waals surface area (Å²) >= 11 is 11.1. The highest BCUT2D eigenvalue weighted by Gasteiger charge is 2.15. The number of nitrogens with zero attached hydrogens (tertiary/aromatic N) is 3. The molecule has 3 aromatic rings. The molecule has 0 saturated heterocycles. The van der Waals surface area contributed by atoms with Crippen LogP contribution in [-0.4, -0.2) is 32.1 Å². The number of amides is 1. The molecule has 0 unspecified atom stereocenters. The molecule has 0 bridgehead atoms. The summed E-state index contributed by atoms with van der Waals surface area (Å²) in [6.07, 6.45) is 0. The molecule has 27 heavy (non-hydrogen) atoms. The van der Waals surface area contributed by atoms with Gasteiger partial charge in [-0.05, 0) is 38.1 Å². The molecule has 2 aromatic carbocycles. The van der Waals surface area contributed by atoms with Crippen molar-refractivity contribution in [2.45, 2.75) is 18.7 Å². The molecule has 1 N–H and O–H groups in total. The fourth-order valence-electron chi connectivity index (χ4n) is 2.44. The average Bonchev–Trinajstić information content (AvgIpc) is 3.07. The molecule has 6 nitrogen and oxygen atoms in total. The molecule has 0 saturated carbocycles. The zero-order valence-corrected chi connectivity index (χ0v) is 16.3. The predicted octanol–water partition coefficient (Wildman–Crippen LogP) is 4.38. The monoisotopic (exact) mass is 404 g/mol. The molecular weight excluding hydrogens is 387 g/mol. The number of ether oxygens (including phenoxy) is 1. The van der Waals surface area contributed by atoms with E-state index >= 15 is 0 Å². The fraction of sp³-hybridized carbons (Fsp3) is 0.211. The second-order valence-corrected chi connectivity index (χ2v) is 6.86. The lowest BCUT2D eigenvalue weighted by Crippen LogP contribution is -2.18. The number of hydrogen-bond donors (Lipinski definition) is 1. The molecule has 0 aliphatic carbocycles. The van der Waals surface area contributed by atoms with Gasteiger partial charge in [-0.3, -0.25) is 4.79 Å². The summed E-state index contributed by atoms with van der Waals surface area (Å²) in [6.45, 7) is 4.38. The molecule has 0 atom stereocenters. The highest BCUT2D eigenvalue weighted by atomic mass is 35.5. The van der Waals surface area contributed by atoms with Crippen LogP contribution in [0.5, 0.6) is 6.01 Å². The minimum Gasteiger partial charge on any atom is -0.463 e. The van der Waals surface area contributed by atoms with Crippen LogP contribution in [0.4, 0.5) is 5.69 Å². The lowest BCUT2D eigenvalue weighted by molar-refractivity contribution is -0.114. The number of benzene rings is 2. The molecule has 0 spiro atoms. The van der Waals surface area contributed by atoms with Gasteiger partial charge in [-0.15, -0.1) is 5.10 Å². The molecule has 0 fully saturated rings. The number of carbonyl (C=O) groups excluding carboxylic acids is 1. The first-order valence-corrected chi connectivity index (χ1v) is 9.21. The van der Waals surface area contributed by atoms with Gasteiger partial charge in [-0.2, -0.15) is 4.98 Å². The largest absolute Gasteiger partial charge is 0.463 e. The Kier molecular flexibility index (Phi) is 5.98. The van der Waals surface area contributed by atoms with Gasteiger partial charge in [0.15, 0.2) is 10.7 Å². The Hall–Kier alpha value is -2.57. The molecule has 0 radical (unpaired) electrons. The van der Waals surface area contributed by atoms with Crippen LogP contribution in [0.15, 0.2) is 48.5 Å². The zero-order chi connectivity index (χ0) is 19.4. The van der Waals surface area contributed by atoms with Crippen molar-refractivity contribution in [1.29, 1.82) is 0 Å². The quantitative estimate of drug-likeness (QED) is 0.618. The van der Waals surface area contributed by atoms with Crippen LogP contribution in [0.25, 0.3) is 17.1 Å². The summed E-state index contributed by atoms with van der Waals surface area (Å²) in [7, 11) is 0. The Balaban J connectivity index is 1.95. The van der Waals surface area contributed by atoms with Gasteiger partial charge in [0, 0.05) is 11.3 Å². The van der Waals surface area contributed by atoms with E-state index in [-0.39, 0.29) is 0 Å². The van der Waals surface area contributed by atoms with E-state index < -0.39 is 10.7 Å². The number of aryl methyl sites for hydroxylation is 1. The van der Waals surface area contributed by atoms with Crippen LogP contribution in [-0.2, 0) is 4.79 Å². The van der Waals surface area contributed by atoms with Crippen molar-refractivity contribution in [3.63, 3.8) is 0 Å². The Bertz CT molecular complexity index is 922. The first-order chi connectivity index (χ1) is 13.0. The highest BCUT2D eigenvalue weighted by molar-refractivity contribution is 6.54. The van der Waals surface area contributed by atoms with E-state index in [0.717, 1.165) is 16.8 Å². The van der Waals surface area contributed by atoms with Crippen LogP contribution in [0.2, 0.25) is 0 Å². The third kappa shape index (κ3) is 4.59. The van der Waals surface area contributed by atoms with Crippen LogP contribution in [0.3, 0.4) is 0 Å². The van der Waals surface area contributed by atoms with Crippen molar-refractivity contribution < 1.29 is 9.53 Å². The van der Waals surface area contributed by atoms with Gasteiger partial charge < -0.3 is 10.1 Å². The predicted molar refractivity (Wildman–Crippen MR) is 107 cm³/mol. The van der Waals surface area contributed by atoms with Crippen molar-refractivity contribution in [3.05, 3.63) is 54.1 Å². The van der Waals surface area contributed by atoms with E-state index in [4.69, 9.17) is 27.9 Å². The molecular formula is C19H18Cl2N4O2. The number of anilines is 1. The Labute approximate surface area is 167 Å². The van der Waals surface area contributed by atoms with Gasteiger partial charge in [0.25, 0.3) is 5.91 Å². The number of halogens is 2. The van der Waals surface area contributed by atoms with E-state index in [1.54, 1.807) is 16.8 Å². The van der Waals surface area contributed by atoms with Crippen LogP contribution in [0, 0.1) is 6.92 Å². The number of aromatic nitrogens is 3. The summed E-state index contributed by atoms with van der Waals surface area (Å²) in [5.74, 6) is 0.183.